The molecule has 1 aromatic rings. The molecule has 1 aromatic heterocycles. The maximum Gasteiger partial charge on any atom is 0.359 e. The molecular weight excluding hydrogens is 246 g/mol. The zero-order valence-electron chi connectivity index (χ0n) is 11.6. The molecule has 1 atom stereocenters. The number of hydrogen-bond acceptors (Lipinski definition) is 5. The van der Waals surface area contributed by atoms with Gasteiger partial charge >= 0.3 is 5.97 Å². The van der Waals surface area contributed by atoms with Gasteiger partial charge in [0, 0.05) is 12.7 Å². The van der Waals surface area contributed by atoms with Crippen molar-refractivity contribution in [1.82, 2.24) is 15.3 Å². The van der Waals surface area contributed by atoms with E-state index < -0.39 is 12.1 Å². The number of esters is 1. The largest absolute Gasteiger partial charge is 0.448 e. The van der Waals surface area contributed by atoms with E-state index in [2.05, 4.69) is 15.3 Å². The molecule has 0 saturated carbocycles. The Labute approximate surface area is 112 Å². The number of rotatable bonds is 5. The van der Waals surface area contributed by atoms with Crippen LogP contribution in [0.25, 0.3) is 0 Å². The lowest BCUT2D eigenvalue weighted by molar-refractivity contribution is -0.129. The number of carbonyl (C=O) groups is 2. The molecule has 0 spiro atoms. The van der Waals surface area contributed by atoms with Gasteiger partial charge in [-0.25, -0.2) is 9.78 Å². The van der Waals surface area contributed by atoms with E-state index in [-0.39, 0.29) is 11.6 Å². The fourth-order valence-corrected chi connectivity index (χ4v) is 1.22. The van der Waals surface area contributed by atoms with Crippen LogP contribution in [0.15, 0.2) is 12.4 Å². The minimum atomic E-state index is -0.852. The van der Waals surface area contributed by atoms with Gasteiger partial charge in [-0.15, -0.1) is 0 Å². The van der Waals surface area contributed by atoms with Crippen LogP contribution in [0.4, 0.5) is 0 Å². The Morgan fingerprint density at radius 2 is 1.95 bits per heavy atom. The van der Waals surface area contributed by atoms with Crippen LogP contribution >= 0.6 is 0 Å². The third kappa shape index (κ3) is 5.03. The van der Waals surface area contributed by atoms with E-state index in [1.54, 1.807) is 6.92 Å². The molecular formula is C13H19N3O3. The van der Waals surface area contributed by atoms with E-state index in [1.165, 1.54) is 19.3 Å². The van der Waals surface area contributed by atoms with Crippen molar-refractivity contribution in [2.75, 3.05) is 6.54 Å². The van der Waals surface area contributed by atoms with Crippen molar-refractivity contribution in [3.8, 4) is 0 Å². The second-order valence-corrected chi connectivity index (χ2v) is 4.73. The Hall–Kier alpha value is -1.98. The summed E-state index contributed by atoms with van der Waals surface area (Å²) in [6.07, 6.45) is 1.95. The summed E-state index contributed by atoms with van der Waals surface area (Å²) in [6, 6.07) is 0. The Balaban J connectivity index is 2.51. The quantitative estimate of drug-likeness (QED) is 0.806. The number of hydrogen-bond donors (Lipinski definition) is 1. The monoisotopic (exact) mass is 265 g/mol. The summed E-state index contributed by atoms with van der Waals surface area (Å²) in [5.41, 5.74) is 0.799. The maximum atomic E-state index is 11.7. The SMILES string of the molecule is Cc1cnc(C(=O)OC(C)C(=O)NCC(C)C)cn1. The Kier molecular flexibility index (Phi) is 5.41. The molecule has 1 heterocycles. The van der Waals surface area contributed by atoms with Crippen molar-refractivity contribution < 1.29 is 14.3 Å². The number of nitrogens with zero attached hydrogens (tertiary/aromatic N) is 2. The van der Waals surface area contributed by atoms with Gasteiger partial charge in [0.15, 0.2) is 11.8 Å². The number of ether oxygens (including phenoxy) is 1. The van der Waals surface area contributed by atoms with Crippen molar-refractivity contribution in [1.29, 1.82) is 0 Å². The number of amides is 1. The molecule has 6 heteroatoms. The van der Waals surface area contributed by atoms with Gasteiger partial charge in [-0.2, -0.15) is 0 Å². The molecule has 0 aliphatic heterocycles. The van der Waals surface area contributed by atoms with Gasteiger partial charge in [-0.1, -0.05) is 13.8 Å². The first-order chi connectivity index (χ1) is 8.90. The zero-order chi connectivity index (χ0) is 14.4. The van der Waals surface area contributed by atoms with Gasteiger partial charge in [-0.3, -0.25) is 9.78 Å². The summed E-state index contributed by atoms with van der Waals surface area (Å²) in [7, 11) is 0. The third-order valence-corrected chi connectivity index (χ3v) is 2.33. The zero-order valence-corrected chi connectivity index (χ0v) is 11.6. The highest BCUT2D eigenvalue weighted by Crippen LogP contribution is 2.01. The lowest BCUT2D eigenvalue weighted by Crippen LogP contribution is -2.37. The van der Waals surface area contributed by atoms with Gasteiger partial charge in [-0.05, 0) is 19.8 Å². The van der Waals surface area contributed by atoms with Gasteiger partial charge in [0.1, 0.15) is 0 Å². The highest BCUT2D eigenvalue weighted by atomic mass is 16.5. The summed E-state index contributed by atoms with van der Waals surface area (Å²) in [4.78, 5) is 31.2. The first kappa shape index (κ1) is 15.1. The Bertz CT molecular complexity index is 443. The highest BCUT2D eigenvalue weighted by molar-refractivity contribution is 5.90. The van der Waals surface area contributed by atoms with Crippen LogP contribution < -0.4 is 5.32 Å². The molecule has 1 unspecified atom stereocenters. The molecule has 0 saturated heterocycles. The van der Waals surface area contributed by atoms with Crippen LogP contribution in [-0.4, -0.2) is 34.5 Å². The van der Waals surface area contributed by atoms with Gasteiger partial charge in [0.05, 0.1) is 11.9 Å². The van der Waals surface area contributed by atoms with Crippen molar-refractivity contribution >= 4 is 11.9 Å². The topological polar surface area (TPSA) is 81.2 Å². The van der Waals surface area contributed by atoms with Crippen molar-refractivity contribution in [2.24, 2.45) is 5.92 Å². The fraction of sp³-hybridized carbons (Fsp3) is 0.538. The molecule has 6 nitrogen and oxygen atoms in total. The lowest BCUT2D eigenvalue weighted by atomic mass is 10.2. The minimum absolute atomic E-state index is 0.0918. The second kappa shape index (κ2) is 6.82. The van der Waals surface area contributed by atoms with E-state index in [9.17, 15) is 9.59 Å². The van der Waals surface area contributed by atoms with Crippen LogP contribution in [0.2, 0.25) is 0 Å². The Morgan fingerprint density at radius 3 is 2.47 bits per heavy atom. The average molecular weight is 265 g/mol. The van der Waals surface area contributed by atoms with Crippen LogP contribution in [0.5, 0.6) is 0 Å². The van der Waals surface area contributed by atoms with Gasteiger partial charge in [0.25, 0.3) is 5.91 Å². The standard InChI is InChI=1S/C13H19N3O3/c1-8(2)5-16-12(17)10(4)19-13(18)11-7-14-9(3)6-15-11/h6-8,10H,5H2,1-4H3,(H,16,17). The molecule has 104 valence electrons. The number of aromatic nitrogens is 2. The summed E-state index contributed by atoms with van der Waals surface area (Å²) < 4.78 is 5.02. The summed E-state index contributed by atoms with van der Waals surface area (Å²) in [6.45, 7) is 7.81. The number of aryl methyl sites for hydroxylation is 1. The van der Waals surface area contributed by atoms with E-state index >= 15 is 0 Å². The van der Waals surface area contributed by atoms with Gasteiger partial charge < -0.3 is 10.1 Å². The Morgan fingerprint density at radius 1 is 1.26 bits per heavy atom. The molecule has 0 bridgehead atoms. The highest BCUT2D eigenvalue weighted by Gasteiger charge is 2.19. The molecule has 0 aliphatic carbocycles. The van der Waals surface area contributed by atoms with Crippen molar-refractivity contribution in [3.05, 3.63) is 23.8 Å². The van der Waals surface area contributed by atoms with Crippen molar-refractivity contribution in [2.45, 2.75) is 33.8 Å². The predicted octanol–water partition coefficient (Wildman–Crippen LogP) is 1.10. The first-order valence-electron chi connectivity index (χ1n) is 6.17. The molecule has 1 amide bonds. The van der Waals surface area contributed by atoms with Crippen LogP contribution in [0.3, 0.4) is 0 Å². The first-order valence-corrected chi connectivity index (χ1v) is 6.17. The van der Waals surface area contributed by atoms with E-state index in [0.29, 0.717) is 18.2 Å². The molecule has 0 aliphatic rings. The van der Waals surface area contributed by atoms with E-state index in [0.717, 1.165) is 0 Å². The van der Waals surface area contributed by atoms with Crippen LogP contribution in [0, 0.1) is 12.8 Å². The second-order valence-electron chi connectivity index (χ2n) is 4.73. The van der Waals surface area contributed by atoms with Gasteiger partial charge in [0.2, 0.25) is 0 Å². The summed E-state index contributed by atoms with van der Waals surface area (Å²) in [5, 5.41) is 2.70. The average Bonchev–Trinajstić information content (AvgIpc) is 2.36. The van der Waals surface area contributed by atoms with Crippen LogP contribution in [0.1, 0.15) is 37.0 Å². The normalized spacial score (nSPS) is 12.1. The molecule has 0 radical (unpaired) electrons. The fourth-order valence-electron chi connectivity index (χ4n) is 1.22. The van der Waals surface area contributed by atoms with Crippen LogP contribution in [-0.2, 0) is 9.53 Å². The minimum Gasteiger partial charge on any atom is -0.448 e. The lowest BCUT2D eigenvalue weighted by Gasteiger charge is -2.14. The molecule has 1 N–H and O–H groups in total. The smallest absolute Gasteiger partial charge is 0.359 e. The predicted molar refractivity (Wildman–Crippen MR) is 69.5 cm³/mol. The molecule has 19 heavy (non-hydrogen) atoms. The van der Waals surface area contributed by atoms with Crippen molar-refractivity contribution in [3.63, 3.8) is 0 Å². The van der Waals surface area contributed by atoms with E-state index in [1.807, 2.05) is 13.8 Å². The summed E-state index contributed by atoms with van der Waals surface area (Å²) >= 11 is 0. The third-order valence-electron chi connectivity index (χ3n) is 2.33. The molecule has 0 aromatic carbocycles. The van der Waals surface area contributed by atoms with E-state index in [4.69, 9.17) is 4.74 Å². The number of carbonyl (C=O) groups excluding carboxylic acids is 2. The molecule has 1 rings (SSSR count). The summed E-state index contributed by atoms with van der Waals surface area (Å²) in [5.74, 6) is -0.628. The maximum absolute atomic E-state index is 11.7. The number of nitrogens with one attached hydrogen (secondary N) is 1. The molecule has 0 fully saturated rings.